The molecule has 0 aromatic heterocycles. The van der Waals surface area contributed by atoms with E-state index >= 15 is 0 Å². The van der Waals surface area contributed by atoms with Gasteiger partial charge >= 0.3 is 0 Å². The van der Waals surface area contributed by atoms with E-state index in [1.54, 1.807) is 0 Å². The maximum atomic E-state index is 8.05. The van der Waals surface area contributed by atoms with E-state index in [4.69, 9.17) is 61.0 Å². The number of benzene rings is 4. The first-order valence-electron chi connectivity index (χ1n) is 22.6. The fourth-order valence-corrected chi connectivity index (χ4v) is 14.1. The molecule has 0 saturated carbocycles. The van der Waals surface area contributed by atoms with Crippen molar-refractivity contribution in [3.63, 3.8) is 0 Å². The van der Waals surface area contributed by atoms with Crippen molar-refractivity contribution < 1.29 is 61.0 Å². The molecule has 0 amide bonds. The van der Waals surface area contributed by atoms with Crippen LogP contribution in [0.3, 0.4) is 0 Å². The highest BCUT2D eigenvalue weighted by molar-refractivity contribution is 6.93. The topological polar surface area (TPSA) is 120 Å². The summed E-state index contributed by atoms with van der Waals surface area (Å²) in [6.45, 7) is 28.3. The zero-order valence-corrected chi connectivity index (χ0v) is 41.9. The van der Waals surface area contributed by atoms with Gasteiger partial charge in [0.05, 0.1) is 79.3 Å². The molecule has 0 aliphatic carbocycles. The third-order valence-corrected chi connectivity index (χ3v) is 15.5. The lowest BCUT2D eigenvalue weighted by atomic mass is 10.3. The van der Waals surface area contributed by atoms with Crippen LogP contribution in [0.15, 0.2) is 48.5 Å². The van der Waals surface area contributed by atoms with E-state index in [-0.39, 0.29) is 0 Å². The smallest absolute Gasteiger partial charge is 0.236 e. The van der Waals surface area contributed by atoms with Gasteiger partial charge in [0.15, 0.2) is 46.0 Å². The molecule has 4 aromatic carbocycles. The van der Waals surface area contributed by atoms with E-state index in [2.05, 4.69) is 0 Å². The Bertz CT molecular complexity index is 1730. The molecular formula is C48H70O13Si2. The standard InChI is InChI=1S/C48H70O13Si2/c1-13-49-33-25-41(57-21-9)45(29-37(33)53-17-5)62(46-30-38(54-18-6)34(50-14-2)26-42(46)58-22-10)61-63(47-31-39(55-19-7)35(51-15-3)27-43(47)59-23-11)48-32-40(56-20-8)36(52-16-4)28-44(48)60-24-12/h25-32,62-63H,13-24H2,1-12H3. The molecule has 0 heterocycles. The van der Waals surface area contributed by atoms with Crippen molar-refractivity contribution in [3.8, 4) is 69.0 Å². The maximum absolute atomic E-state index is 8.05. The zero-order chi connectivity index (χ0) is 45.7. The SMILES string of the molecule is CCOc1cc(OCC)c([SiH](O[SiH](c2cc(OCC)c(OCC)cc2OCC)c2cc(OCC)c(OCC)cc2OCC)c2cc(OCC)c(OCC)cc2OCC)cc1OCC. The summed E-state index contributed by atoms with van der Waals surface area (Å²) in [5, 5.41) is 3.21. The number of ether oxygens (including phenoxy) is 12. The number of rotatable bonds is 30. The first kappa shape index (κ1) is 50.5. The molecule has 0 atom stereocenters. The Balaban J connectivity index is 2.29. The van der Waals surface area contributed by atoms with Gasteiger partial charge in [0.2, 0.25) is 18.1 Å². The van der Waals surface area contributed by atoms with Crippen molar-refractivity contribution in [1.82, 2.24) is 0 Å². The first-order chi connectivity index (χ1) is 30.7. The third kappa shape index (κ3) is 13.0. The van der Waals surface area contributed by atoms with Crippen LogP contribution >= 0.6 is 0 Å². The molecule has 63 heavy (non-hydrogen) atoms. The fourth-order valence-electron chi connectivity index (χ4n) is 7.08. The first-order valence-corrected chi connectivity index (χ1v) is 25.9. The van der Waals surface area contributed by atoms with Crippen LogP contribution in [0, 0.1) is 0 Å². The molecule has 0 fully saturated rings. The van der Waals surface area contributed by atoms with Crippen molar-refractivity contribution in [3.05, 3.63) is 48.5 Å². The van der Waals surface area contributed by atoms with Crippen LogP contribution in [0.4, 0.5) is 0 Å². The average Bonchev–Trinajstić information content (AvgIpc) is 3.26. The number of hydrogen-bond acceptors (Lipinski definition) is 13. The maximum Gasteiger partial charge on any atom is 0.236 e. The van der Waals surface area contributed by atoms with Gasteiger partial charge in [-0.1, -0.05) is 0 Å². The van der Waals surface area contributed by atoms with Gasteiger partial charge in [-0.05, 0) is 107 Å². The summed E-state index contributed by atoms with van der Waals surface area (Å²) in [6.07, 6.45) is 0. The van der Waals surface area contributed by atoms with Gasteiger partial charge in [0.1, 0.15) is 23.0 Å². The molecule has 348 valence electrons. The van der Waals surface area contributed by atoms with Crippen LogP contribution in [0.1, 0.15) is 83.1 Å². The second-order valence-corrected chi connectivity index (χ2v) is 18.5. The summed E-state index contributed by atoms with van der Waals surface area (Å²) >= 11 is 0. The molecule has 4 rings (SSSR count). The van der Waals surface area contributed by atoms with E-state index < -0.39 is 18.1 Å². The Morgan fingerprint density at radius 1 is 0.222 bits per heavy atom. The Kier molecular flexibility index (Phi) is 21.2. The highest BCUT2D eigenvalue weighted by Crippen LogP contribution is 2.37. The molecule has 0 unspecified atom stereocenters. The van der Waals surface area contributed by atoms with E-state index in [0.717, 1.165) is 20.7 Å². The predicted molar refractivity (Wildman–Crippen MR) is 254 cm³/mol. The van der Waals surface area contributed by atoms with Gasteiger partial charge in [0, 0.05) is 45.0 Å². The Morgan fingerprint density at radius 3 is 0.524 bits per heavy atom. The van der Waals surface area contributed by atoms with Gasteiger partial charge in [0.25, 0.3) is 0 Å². The van der Waals surface area contributed by atoms with Crippen molar-refractivity contribution in [2.24, 2.45) is 0 Å². The molecular weight excluding hydrogens is 841 g/mol. The van der Waals surface area contributed by atoms with E-state index in [0.29, 0.717) is 148 Å². The fraction of sp³-hybridized carbons (Fsp3) is 0.500. The normalized spacial score (nSPS) is 11.0. The summed E-state index contributed by atoms with van der Waals surface area (Å²) in [7, 11) is -6.18. The molecule has 0 saturated heterocycles. The Labute approximate surface area is 378 Å². The van der Waals surface area contributed by atoms with E-state index in [1.807, 2.05) is 132 Å². The van der Waals surface area contributed by atoms with Crippen molar-refractivity contribution in [1.29, 1.82) is 0 Å². The van der Waals surface area contributed by atoms with Crippen LogP contribution in [0.25, 0.3) is 0 Å². The summed E-state index contributed by atoms with van der Waals surface area (Å²) in [4.78, 5) is 0. The van der Waals surface area contributed by atoms with E-state index in [9.17, 15) is 0 Å². The zero-order valence-electron chi connectivity index (χ0n) is 39.6. The van der Waals surface area contributed by atoms with E-state index in [1.165, 1.54) is 0 Å². The minimum atomic E-state index is -3.09. The Morgan fingerprint density at radius 2 is 0.365 bits per heavy atom. The molecule has 15 heteroatoms. The summed E-state index contributed by atoms with van der Waals surface area (Å²) in [5.41, 5.74) is 0. The molecule has 0 spiro atoms. The van der Waals surface area contributed by atoms with Crippen LogP contribution in [0.2, 0.25) is 0 Å². The van der Waals surface area contributed by atoms with Crippen LogP contribution in [0.5, 0.6) is 69.0 Å². The van der Waals surface area contributed by atoms with Crippen LogP contribution in [-0.4, -0.2) is 97.4 Å². The Hall–Kier alpha value is -5.13. The molecule has 0 N–H and O–H groups in total. The average molecular weight is 911 g/mol. The second kappa shape index (κ2) is 26.5. The molecule has 0 aliphatic rings. The third-order valence-electron chi connectivity index (χ3n) is 9.30. The summed E-state index contributed by atoms with van der Waals surface area (Å²) < 4.78 is 83.9. The lowest BCUT2D eigenvalue weighted by molar-refractivity contribution is 0.283. The second-order valence-electron chi connectivity index (χ2n) is 13.4. The lowest BCUT2D eigenvalue weighted by Crippen LogP contribution is -2.57. The molecule has 4 aromatic rings. The van der Waals surface area contributed by atoms with Gasteiger partial charge < -0.3 is 61.0 Å². The largest absolute Gasteiger partial charge is 0.494 e. The quantitative estimate of drug-likeness (QED) is 0.0508. The highest BCUT2D eigenvalue weighted by atomic mass is 28.4. The summed E-state index contributed by atoms with van der Waals surface area (Å²) in [5.74, 6) is 6.93. The van der Waals surface area contributed by atoms with Crippen molar-refractivity contribution in [2.75, 3.05) is 79.3 Å². The minimum Gasteiger partial charge on any atom is -0.494 e. The molecule has 0 radical (unpaired) electrons. The number of hydrogen-bond donors (Lipinski definition) is 0. The summed E-state index contributed by atoms with van der Waals surface area (Å²) in [6, 6.07) is 15.6. The highest BCUT2D eigenvalue weighted by Gasteiger charge is 2.37. The van der Waals surface area contributed by atoms with Gasteiger partial charge in [-0.2, -0.15) is 0 Å². The van der Waals surface area contributed by atoms with Crippen LogP contribution < -0.4 is 77.6 Å². The van der Waals surface area contributed by atoms with Gasteiger partial charge in [-0.15, -0.1) is 0 Å². The molecule has 0 bridgehead atoms. The minimum absolute atomic E-state index is 0.385. The van der Waals surface area contributed by atoms with Crippen molar-refractivity contribution >= 4 is 38.8 Å². The lowest BCUT2D eigenvalue weighted by Gasteiger charge is -2.31. The van der Waals surface area contributed by atoms with Crippen molar-refractivity contribution in [2.45, 2.75) is 83.1 Å². The predicted octanol–water partition coefficient (Wildman–Crippen LogP) is 6.86. The van der Waals surface area contributed by atoms with Gasteiger partial charge in [-0.3, -0.25) is 0 Å². The molecule has 13 nitrogen and oxygen atoms in total. The van der Waals surface area contributed by atoms with Gasteiger partial charge in [-0.25, -0.2) is 0 Å². The molecule has 0 aliphatic heterocycles. The monoisotopic (exact) mass is 910 g/mol. The van der Waals surface area contributed by atoms with Crippen LogP contribution in [-0.2, 0) is 4.12 Å².